The van der Waals surface area contributed by atoms with Gasteiger partial charge in [0.15, 0.2) is 0 Å². The summed E-state index contributed by atoms with van der Waals surface area (Å²) in [5, 5.41) is 16.6. The third kappa shape index (κ3) is 4.60. The second kappa shape index (κ2) is 8.13. The number of benzene rings is 1. The molecule has 148 valence electrons. The highest BCUT2D eigenvalue weighted by atomic mass is 19.1. The van der Waals surface area contributed by atoms with Gasteiger partial charge in [0, 0.05) is 30.1 Å². The first-order valence-electron chi connectivity index (χ1n) is 9.20. The van der Waals surface area contributed by atoms with Crippen LogP contribution in [0.4, 0.5) is 10.2 Å². The first kappa shape index (κ1) is 18.7. The van der Waals surface area contributed by atoms with Gasteiger partial charge in [-0.3, -0.25) is 4.68 Å². The highest BCUT2D eigenvalue weighted by Gasteiger charge is 2.07. The number of hydrogen-bond donors (Lipinski definition) is 1. The SMILES string of the molecule is Cc1ncc(Cn2cc(CCCn3cc(-c4ccc(F)cc4)nn3)nn2)c(N)n1. The maximum atomic E-state index is 13.0. The van der Waals surface area contributed by atoms with Crippen molar-refractivity contribution in [2.45, 2.75) is 32.9 Å². The monoisotopic (exact) mass is 393 g/mol. The quantitative estimate of drug-likeness (QED) is 0.511. The lowest BCUT2D eigenvalue weighted by molar-refractivity contribution is 0.555. The van der Waals surface area contributed by atoms with Gasteiger partial charge in [0.1, 0.15) is 23.2 Å². The van der Waals surface area contributed by atoms with Gasteiger partial charge in [0.25, 0.3) is 0 Å². The van der Waals surface area contributed by atoms with Crippen molar-refractivity contribution in [3.63, 3.8) is 0 Å². The summed E-state index contributed by atoms with van der Waals surface area (Å²) in [7, 11) is 0. The maximum Gasteiger partial charge on any atom is 0.132 e. The molecule has 0 fully saturated rings. The van der Waals surface area contributed by atoms with E-state index in [2.05, 4.69) is 30.6 Å². The van der Waals surface area contributed by atoms with E-state index in [-0.39, 0.29) is 5.82 Å². The zero-order valence-electron chi connectivity index (χ0n) is 15.9. The molecule has 0 saturated heterocycles. The van der Waals surface area contributed by atoms with Crippen LogP contribution in [-0.2, 0) is 19.5 Å². The molecule has 1 aromatic carbocycles. The van der Waals surface area contributed by atoms with Crippen molar-refractivity contribution in [3.05, 3.63) is 65.8 Å². The van der Waals surface area contributed by atoms with Crippen LogP contribution in [0.1, 0.15) is 23.5 Å². The van der Waals surface area contributed by atoms with Gasteiger partial charge in [-0.1, -0.05) is 10.4 Å². The summed E-state index contributed by atoms with van der Waals surface area (Å²) in [4.78, 5) is 8.33. The van der Waals surface area contributed by atoms with Gasteiger partial charge >= 0.3 is 0 Å². The summed E-state index contributed by atoms with van der Waals surface area (Å²) in [5.74, 6) is 0.825. The Morgan fingerprint density at radius 1 is 1.03 bits per heavy atom. The standard InChI is InChI=1S/C19H20FN9/c1-13-22-9-15(19(21)23-13)10-29-11-17(24-26-29)3-2-8-28-12-18(25-27-28)14-4-6-16(20)7-5-14/h4-7,9,11-12H,2-3,8,10H2,1H3,(H2,21,22,23). The van der Waals surface area contributed by atoms with E-state index in [1.54, 1.807) is 34.6 Å². The van der Waals surface area contributed by atoms with Crippen LogP contribution in [0.2, 0.25) is 0 Å². The van der Waals surface area contributed by atoms with E-state index in [0.29, 0.717) is 30.4 Å². The average Bonchev–Trinajstić information content (AvgIpc) is 3.35. The van der Waals surface area contributed by atoms with Gasteiger partial charge < -0.3 is 5.73 Å². The first-order valence-corrected chi connectivity index (χ1v) is 9.20. The molecular weight excluding hydrogens is 373 g/mol. The van der Waals surface area contributed by atoms with Gasteiger partial charge in [0.2, 0.25) is 0 Å². The number of nitrogen functional groups attached to an aromatic ring is 1. The Labute approximate surface area is 166 Å². The molecule has 0 amide bonds. The van der Waals surface area contributed by atoms with E-state index >= 15 is 0 Å². The normalized spacial score (nSPS) is 11.1. The molecule has 0 spiro atoms. The summed E-state index contributed by atoms with van der Waals surface area (Å²) in [6.07, 6.45) is 7.05. The molecule has 4 aromatic rings. The highest BCUT2D eigenvalue weighted by Crippen LogP contribution is 2.16. The molecule has 0 bridgehead atoms. The minimum Gasteiger partial charge on any atom is -0.383 e. The van der Waals surface area contributed by atoms with E-state index < -0.39 is 0 Å². The van der Waals surface area contributed by atoms with Crippen LogP contribution in [-0.4, -0.2) is 40.0 Å². The largest absolute Gasteiger partial charge is 0.383 e. The topological polar surface area (TPSA) is 113 Å². The van der Waals surface area contributed by atoms with E-state index in [1.807, 2.05) is 12.4 Å². The lowest BCUT2D eigenvalue weighted by Crippen LogP contribution is -2.07. The summed E-state index contributed by atoms with van der Waals surface area (Å²) < 4.78 is 16.5. The third-order valence-electron chi connectivity index (χ3n) is 4.44. The van der Waals surface area contributed by atoms with Gasteiger partial charge in [-0.2, -0.15) is 0 Å². The van der Waals surface area contributed by atoms with Crippen molar-refractivity contribution in [1.29, 1.82) is 0 Å². The zero-order valence-corrected chi connectivity index (χ0v) is 15.9. The molecule has 29 heavy (non-hydrogen) atoms. The number of nitrogens with zero attached hydrogens (tertiary/aromatic N) is 8. The molecule has 0 unspecified atom stereocenters. The molecule has 0 aliphatic rings. The molecule has 3 heterocycles. The van der Waals surface area contributed by atoms with Crippen LogP contribution >= 0.6 is 0 Å². The van der Waals surface area contributed by atoms with Gasteiger partial charge in [-0.25, -0.2) is 19.0 Å². The Kier molecular flexibility index (Phi) is 5.23. The predicted molar refractivity (Wildman–Crippen MR) is 104 cm³/mol. The second-order valence-electron chi connectivity index (χ2n) is 6.71. The van der Waals surface area contributed by atoms with Crippen molar-refractivity contribution in [2.24, 2.45) is 0 Å². The number of halogens is 1. The number of rotatable bonds is 7. The number of anilines is 1. The molecule has 9 nitrogen and oxygen atoms in total. The lowest BCUT2D eigenvalue weighted by Gasteiger charge is -2.04. The Morgan fingerprint density at radius 3 is 2.62 bits per heavy atom. The molecule has 0 aliphatic heterocycles. The Morgan fingerprint density at radius 2 is 1.83 bits per heavy atom. The lowest BCUT2D eigenvalue weighted by atomic mass is 10.2. The Bertz CT molecular complexity index is 1100. The molecule has 0 radical (unpaired) electrons. The number of hydrogen-bond acceptors (Lipinski definition) is 7. The first-order chi connectivity index (χ1) is 14.1. The number of aromatic nitrogens is 8. The molecular formula is C19H20FN9. The van der Waals surface area contributed by atoms with Crippen LogP contribution in [0.3, 0.4) is 0 Å². The molecule has 3 aromatic heterocycles. The highest BCUT2D eigenvalue weighted by molar-refractivity contribution is 5.57. The van der Waals surface area contributed by atoms with E-state index in [1.165, 1.54) is 12.1 Å². The summed E-state index contributed by atoms with van der Waals surface area (Å²) in [5.41, 5.74) is 9.17. The van der Waals surface area contributed by atoms with Gasteiger partial charge in [0.05, 0.1) is 18.4 Å². The van der Waals surface area contributed by atoms with E-state index in [0.717, 1.165) is 29.7 Å². The van der Waals surface area contributed by atoms with Crippen LogP contribution in [0.25, 0.3) is 11.3 Å². The minimum absolute atomic E-state index is 0.272. The van der Waals surface area contributed by atoms with E-state index in [9.17, 15) is 4.39 Å². The average molecular weight is 393 g/mol. The smallest absolute Gasteiger partial charge is 0.132 e. The molecule has 4 rings (SSSR count). The Balaban J connectivity index is 1.31. The molecule has 2 N–H and O–H groups in total. The van der Waals surface area contributed by atoms with Crippen LogP contribution in [0.15, 0.2) is 42.9 Å². The van der Waals surface area contributed by atoms with Crippen LogP contribution in [0.5, 0.6) is 0 Å². The fourth-order valence-electron chi connectivity index (χ4n) is 2.92. The summed E-state index contributed by atoms with van der Waals surface area (Å²) >= 11 is 0. The van der Waals surface area contributed by atoms with Crippen molar-refractivity contribution in [1.82, 2.24) is 40.0 Å². The zero-order chi connectivity index (χ0) is 20.2. The van der Waals surface area contributed by atoms with Crippen molar-refractivity contribution in [2.75, 3.05) is 5.73 Å². The van der Waals surface area contributed by atoms with Crippen molar-refractivity contribution >= 4 is 5.82 Å². The van der Waals surface area contributed by atoms with Crippen LogP contribution < -0.4 is 5.73 Å². The fourth-order valence-corrected chi connectivity index (χ4v) is 2.92. The van der Waals surface area contributed by atoms with Crippen LogP contribution in [0, 0.1) is 12.7 Å². The summed E-state index contributed by atoms with van der Waals surface area (Å²) in [6, 6.07) is 6.20. The third-order valence-corrected chi connectivity index (χ3v) is 4.44. The maximum absolute atomic E-state index is 13.0. The number of nitrogens with two attached hydrogens (primary N) is 1. The molecule has 0 atom stereocenters. The Hall–Kier alpha value is -3.69. The van der Waals surface area contributed by atoms with Crippen molar-refractivity contribution < 1.29 is 4.39 Å². The molecule has 0 aliphatic carbocycles. The molecule has 0 saturated carbocycles. The predicted octanol–water partition coefficient (Wildman–Crippen LogP) is 2.04. The summed E-state index contributed by atoms with van der Waals surface area (Å²) in [6.45, 7) is 2.97. The minimum atomic E-state index is -0.272. The second-order valence-corrected chi connectivity index (χ2v) is 6.71. The van der Waals surface area contributed by atoms with Crippen molar-refractivity contribution in [3.8, 4) is 11.3 Å². The van der Waals surface area contributed by atoms with E-state index in [4.69, 9.17) is 5.73 Å². The fraction of sp³-hybridized carbons (Fsp3) is 0.263. The van der Waals surface area contributed by atoms with Gasteiger partial charge in [-0.05, 0) is 44.0 Å². The molecule has 10 heteroatoms. The van der Waals surface area contributed by atoms with Gasteiger partial charge in [-0.15, -0.1) is 10.2 Å². The number of aryl methyl sites for hydroxylation is 3.